The first-order valence-electron chi connectivity index (χ1n) is 5.11. The van der Waals surface area contributed by atoms with Crippen LogP contribution in [0.2, 0.25) is 0 Å². The standard InChI is InChI=1S/C12H15N3O/c1-12(2,3)8-11(16)9-4-6-10(7-5-9)14-15-13/h4-7H,8H2,1-3H3. The van der Waals surface area contributed by atoms with Crippen molar-refractivity contribution in [3.05, 3.63) is 40.3 Å². The molecule has 0 aliphatic heterocycles. The monoisotopic (exact) mass is 217 g/mol. The van der Waals surface area contributed by atoms with E-state index in [0.717, 1.165) is 0 Å². The Morgan fingerprint density at radius 2 is 1.88 bits per heavy atom. The molecule has 4 nitrogen and oxygen atoms in total. The molecule has 0 atom stereocenters. The topological polar surface area (TPSA) is 65.8 Å². The van der Waals surface area contributed by atoms with Gasteiger partial charge in [-0.1, -0.05) is 50.2 Å². The molecule has 0 radical (unpaired) electrons. The van der Waals surface area contributed by atoms with Gasteiger partial charge in [0, 0.05) is 22.6 Å². The summed E-state index contributed by atoms with van der Waals surface area (Å²) in [5.41, 5.74) is 9.41. The maximum atomic E-state index is 11.8. The van der Waals surface area contributed by atoms with E-state index in [1.165, 1.54) is 0 Å². The summed E-state index contributed by atoms with van der Waals surface area (Å²) in [4.78, 5) is 14.5. The van der Waals surface area contributed by atoms with Gasteiger partial charge in [0.25, 0.3) is 0 Å². The maximum absolute atomic E-state index is 11.8. The van der Waals surface area contributed by atoms with E-state index in [4.69, 9.17) is 5.53 Å². The van der Waals surface area contributed by atoms with Crippen molar-refractivity contribution in [3.63, 3.8) is 0 Å². The van der Waals surface area contributed by atoms with Crippen LogP contribution in [0.5, 0.6) is 0 Å². The fourth-order valence-corrected chi connectivity index (χ4v) is 1.35. The summed E-state index contributed by atoms with van der Waals surface area (Å²) in [5.74, 6) is 0.111. The van der Waals surface area contributed by atoms with Crippen LogP contribution in [0, 0.1) is 5.41 Å². The highest BCUT2D eigenvalue weighted by molar-refractivity contribution is 5.96. The van der Waals surface area contributed by atoms with Gasteiger partial charge in [0.15, 0.2) is 5.78 Å². The normalized spacial score (nSPS) is 10.7. The number of hydrogen-bond acceptors (Lipinski definition) is 2. The number of Topliss-reactive ketones (excluding diaryl/α,β-unsaturated/α-hetero) is 1. The number of nitrogens with zero attached hydrogens (tertiary/aromatic N) is 3. The molecule has 0 aromatic heterocycles. The highest BCUT2D eigenvalue weighted by atomic mass is 16.1. The van der Waals surface area contributed by atoms with Gasteiger partial charge >= 0.3 is 0 Å². The van der Waals surface area contributed by atoms with Crippen molar-refractivity contribution in [2.45, 2.75) is 27.2 Å². The van der Waals surface area contributed by atoms with E-state index in [2.05, 4.69) is 10.0 Å². The lowest BCUT2D eigenvalue weighted by Gasteiger charge is -2.16. The molecule has 0 bridgehead atoms. The fraction of sp³-hybridized carbons (Fsp3) is 0.417. The lowest BCUT2D eigenvalue weighted by molar-refractivity contribution is 0.0940. The van der Waals surface area contributed by atoms with Crippen LogP contribution in [0.25, 0.3) is 10.4 Å². The zero-order chi connectivity index (χ0) is 12.2. The molecule has 0 saturated carbocycles. The van der Waals surface area contributed by atoms with E-state index in [1.54, 1.807) is 24.3 Å². The van der Waals surface area contributed by atoms with E-state index < -0.39 is 0 Å². The minimum Gasteiger partial charge on any atom is -0.294 e. The molecule has 0 spiro atoms. The lowest BCUT2D eigenvalue weighted by atomic mass is 9.88. The highest BCUT2D eigenvalue weighted by Crippen LogP contribution is 2.22. The van der Waals surface area contributed by atoms with Gasteiger partial charge in [0.1, 0.15) is 0 Å². The molecule has 0 N–H and O–H groups in total. The SMILES string of the molecule is CC(C)(C)CC(=O)c1ccc(N=[N+]=[N-])cc1. The zero-order valence-electron chi connectivity index (χ0n) is 9.77. The Labute approximate surface area is 94.9 Å². The van der Waals surface area contributed by atoms with E-state index in [-0.39, 0.29) is 11.2 Å². The number of azide groups is 1. The Balaban J connectivity index is 2.82. The van der Waals surface area contributed by atoms with Crippen LogP contribution in [-0.2, 0) is 0 Å². The minimum atomic E-state index is -0.0133. The van der Waals surface area contributed by atoms with Crippen molar-refractivity contribution in [1.82, 2.24) is 0 Å². The van der Waals surface area contributed by atoms with Gasteiger partial charge in [-0.15, -0.1) is 0 Å². The van der Waals surface area contributed by atoms with Gasteiger partial charge in [0.2, 0.25) is 0 Å². The van der Waals surface area contributed by atoms with E-state index in [1.807, 2.05) is 20.8 Å². The Hall–Kier alpha value is -1.80. The summed E-state index contributed by atoms with van der Waals surface area (Å²) in [5, 5.41) is 3.45. The Bertz CT molecular complexity index is 423. The van der Waals surface area contributed by atoms with Crippen LogP contribution in [0.4, 0.5) is 5.69 Å². The van der Waals surface area contributed by atoms with Gasteiger partial charge in [-0.05, 0) is 10.9 Å². The van der Waals surface area contributed by atoms with Gasteiger partial charge in [-0.25, -0.2) is 0 Å². The molecule has 0 aliphatic carbocycles. The summed E-state index contributed by atoms with van der Waals surface area (Å²) in [6.07, 6.45) is 0.508. The van der Waals surface area contributed by atoms with Crippen molar-refractivity contribution in [2.75, 3.05) is 0 Å². The number of carbonyl (C=O) groups is 1. The second kappa shape index (κ2) is 4.81. The molecule has 0 heterocycles. The molecule has 0 saturated heterocycles. The first kappa shape index (κ1) is 12.3. The highest BCUT2D eigenvalue weighted by Gasteiger charge is 2.16. The van der Waals surface area contributed by atoms with E-state index in [0.29, 0.717) is 17.7 Å². The van der Waals surface area contributed by atoms with Crippen molar-refractivity contribution >= 4 is 11.5 Å². The van der Waals surface area contributed by atoms with Gasteiger partial charge < -0.3 is 0 Å². The number of rotatable bonds is 3. The van der Waals surface area contributed by atoms with Crippen molar-refractivity contribution in [1.29, 1.82) is 0 Å². The van der Waals surface area contributed by atoms with Gasteiger partial charge in [-0.3, -0.25) is 4.79 Å². The Morgan fingerprint density at radius 1 is 1.31 bits per heavy atom. The third-order valence-corrected chi connectivity index (χ3v) is 2.04. The van der Waals surface area contributed by atoms with Crippen LogP contribution < -0.4 is 0 Å². The molecule has 0 amide bonds. The Morgan fingerprint density at radius 3 is 2.31 bits per heavy atom. The fourth-order valence-electron chi connectivity index (χ4n) is 1.35. The number of benzene rings is 1. The average Bonchev–Trinajstić information content (AvgIpc) is 2.16. The van der Waals surface area contributed by atoms with Crippen LogP contribution in [0.1, 0.15) is 37.6 Å². The largest absolute Gasteiger partial charge is 0.294 e. The molecular formula is C12H15N3O. The predicted octanol–water partition coefficient (Wildman–Crippen LogP) is 4.25. The molecule has 0 aliphatic rings. The minimum absolute atomic E-state index is 0.0133. The molecule has 4 heteroatoms. The predicted molar refractivity (Wildman–Crippen MR) is 63.7 cm³/mol. The smallest absolute Gasteiger partial charge is 0.163 e. The lowest BCUT2D eigenvalue weighted by Crippen LogP contribution is -2.12. The third-order valence-electron chi connectivity index (χ3n) is 2.04. The average molecular weight is 217 g/mol. The number of ketones is 1. The summed E-state index contributed by atoms with van der Waals surface area (Å²) in [6, 6.07) is 6.68. The van der Waals surface area contributed by atoms with Gasteiger partial charge in [-0.2, -0.15) is 0 Å². The first-order chi connectivity index (χ1) is 7.42. The molecule has 0 unspecified atom stereocenters. The van der Waals surface area contributed by atoms with Crippen LogP contribution in [0.3, 0.4) is 0 Å². The zero-order valence-corrected chi connectivity index (χ0v) is 9.77. The molecule has 1 aromatic rings. The second-order valence-corrected chi connectivity index (χ2v) is 4.90. The molecule has 1 rings (SSSR count). The third kappa shape index (κ3) is 3.75. The maximum Gasteiger partial charge on any atom is 0.163 e. The van der Waals surface area contributed by atoms with E-state index >= 15 is 0 Å². The summed E-state index contributed by atoms with van der Waals surface area (Å²) < 4.78 is 0. The Kier molecular flexibility index (Phi) is 3.69. The molecule has 1 aromatic carbocycles. The molecular weight excluding hydrogens is 202 g/mol. The van der Waals surface area contributed by atoms with Gasteiger partial charge in [0.05, 0.1) is 0 Å². The molecule has 16 heavy (non-hydrogen) atoms. The van der Waals surface area contributed by atoms with Crippen molar-refractivity contribution in [3.8, 4) is 0 Å². The van der Waals surface area contributed by atoms with Crippen molar-refractivity contribution in [2.24, 2.45) is 10.5 Å². The van der Waals surface area contributed by atoms with Crippen LogP contribution in [-0.4, -0.2) is 5.78 Å². The van der Waals surface area contributed by atoms with Crippen LogP contribution in [0.15, 0.2) is 29.4 Å². The summed E-state index contributed by atoms with van der Waals surface area (Å²) in [6.45, 7) is 6.08. The van der Waals surface area contributed by atoms with Crippen LogP contribution >= 0.6 is 0 Å². The van der Waals surface area contributed by atoms with Crippen molar-refractivity contribution < 1.29 is 4.79 Å². The molecule has 84 valence electrons. The molecule has 0 fully saturated rings. The number of carbonyl (C=O) groups excluding carboxylic acids is 1. The summed E-state index contributed by atoms with van der Waals surface area (Å²) >= 11 is 0. The second-order valence-electron chi connectivity index (χ2n) is 4.90. The first-order valence-corrected chi connectivity index (χ1v) is 5.11. The van der Waals surface area contributed by atoms with E-state index in [9.17, 15) is 4.79 Å². The number of hydrogen-bond donors (Lipinski definition) is 0. The quantitative estimate of drug-likeness (QED) is 0.323. The summed E-state index contributed by atoms with van der Waals surface area (Å²) in [7, 11) is 0.